The lowest BCUT2D eigenvalue weighted by atomic mass is 10.1. The fourth-order valence-electron chi connectivity index (χ4n) is 2.24. The molecule has 0 heterocycles. The molecule has 0 radical (unpaired) electrons. The van der Waals surface area contributed by atoms with Gasteiger partial charge in [-0.2, -0.15) is 0 Å². The van der Waals surface area contributed by atoms with Gasteiger partial charge >= 0.3 is 0 Å². The minimum absolute atomic E-state index is 0.827. The van der Waals surface area contributed by atoms with Crippen LogP contribution in [0, 0.1) is 0 Å². The van der Waals surface area contributed by atoms with E-state index >= 15 is 0 Å². The van der Waals surface area contributed by atoms with Crippen LogP contribution in [-0.4, -0.2) is 37.9 Å². The first-order chi connectivity index (χ1) is 10.9. The summed E-state index contributed by atoms with van der Waals surface area (Å²) in [6.07, 6.45) is 13.9. The maximum Gasteiger partial charge on any atom is 0.0565 e. The van der Waals surface area contributed by atoms with Crippen molar-refractivity contribution in [3.8, 4) is 0 Å². The fourth-order valence-corrected chi connectivity index (χ4v) is 3.96. The summed E-state index contributed by atoms with van der Waals surface area (Å²) in [5.41, 5.74) is 0. The normalized spacial score (nSPS) is 11.2. The van der Waals surface area contributed by atoms with Gasteiger partial charge in [-0.15, -0.1) is 0 Å². The average molecular weight is 351 g/mol. The van der Waals surface area contributed by atoms with Crippen LogP contribution in [0.25, 0.3) is 0 Å². The molecule has 0 aliphatic carbocycles. The summed E-state index contributed by atoms with van der Waals surface area (Å²) in [7, 11) is 3.79. The Labute approximate surface area is 147 Å². The van der Waals surface area contributed by atoms with E-state index in [0.29, 0.717) is 0 Å². The Morgan fingerprint density at radius 1 is 0.545 bits per heavy atom. The van der Waals surface area contributed by atoms with Gasteiger partial charge in [0.05, 0.1) is 13.2 Å². The van der Waals surface area contributed by atoms with E-state index < -0.39 is 0 Å². The van der Waals surface area contributed by atoms with Gasteiger partial charge in [0.1, 0.15) is 0 Å². The molecular weight excluding hydrogens is 312 g/mol. The molecule has 0 bridgehead atoms. The van der Waals surface area contributed by atoms with Crippen molar-refractivity contribution >= 4 is 21.6 Å². The average Bonchev–Trinajstić information content (AvgIpc) is 2.54. The van der Waals surface area contributed by atoms with Gasteiger partial charge in [-0.25, -0.2) is 0 Å². The van der Waals surface area contributed by atoms with Crippen LogP contribution in [0.5, 0.6) is 0 Å². The van der Waals surface area contributed by atoms with Crippen LogP contribution in [0.1, 0.15) is 78.1 Å². The standard InChI is InChI=1S/C18H38O2S2/c1-3-5-6-7-8-9-10-11-12-13-14-20-16-18-22-21-17-15-19-4-2/h3-18H2,1-2H3. The summed E-state index contributed by atoms with van der Waals surface area (Å²) in [4.78, 5) is 0. The number of hydrogen-bond donors (Lipinski definition) is 0. The monoisotopic (exact) mass is 350 g/mol. The topological polar surface area (TPSA) is 18.5 Å². The van der Waals surface area contributed by atoms with Gasteiger partial charge in [-0.05, 0) is 13.3 Å². The Morgan fingerprint density at radius 3 is 1.59 bits per heavy atom. The molecule has 22 heavy (non-hydrogen) atoms. The van der Waals surface area contributed by atoms with E-state index in [1.807, 2.05) is 28.5 Å². The third-order valence-corrected chi connectivity index (χ3v) is 5.89. The SMILES string of the molecule is CCCCCCCCCCCCOCCSSCCOCC. The van der Waals surface area contributed by atoms with E-state index in [1.165, 1.54) is 64.2 Å². The van der Waals surface area contributed by atoms with Gasteiger partial charge in [0.15, 0.2) is 0 Å². The van der Waals surface area contributed by atoms with Crippen LogP contribution >= 0.6 is 21.6 Å². The van der Waals surface area contributed by atoms with Crippen LogP contribution in [0.4, 0.5) is 0 Å². The minimum Gasteiger partial charge on any atom is -0.381 e. The van der Waals surface area contributed by atoms with E-state index in [0.717, 1.165) is 37.9 Å². The van der Waals surface area contributed by atoms with Crippen LogP contribution in [0.15, 0.2) is 0 Å². The van der Waals surface area contributed by atoms with Gasteiger partial charge < -0.3 is 9.47 Å². The maximum absolute atomic E-state index is 5.67. The Balaban J connectivity index is 2.91. The van der Waals surface area contributed by atoms with E-state index in [2.05, 4.69) is 6.92 Å². The highest BCUT2D eigenvalue weighted by atomic mass is 33.1. The molecule has 0 saturated carbocycles. The van der Waals surface area contributed by atoms with E-state index in [1.54, 1.807) is 0 Å². The molecular formula is C18H38O2S2. The molecule has 0 spiro atoms. The second-order valence-corrected chi connectivity index (χ2v) is 8.34. The Morgan fingerprint density at radius 2 is 1.05 bits per heavy atom. The molecule has 134 valence electrons. The van der Waals surface area contributed by atoms with E-state index in [-0.39, 0.29) is 0 Å². The molecule has 0 aromatic carbocycles. The summed E-state index contributed by atoms with van der Waals surface area (Å²) < 4.78 is 11.0. The molecule has 4 heteroatoms. The van der Waals surface area contributed by atoms with Gasteiger partial charge in [-0.1, -0.05) is 86.3 Å². The summed E-state index contributed by atoms with van der Waals surface area (Å²) >= 11 is 0. The van der Waals surface area contributed by atoms with Crippen LogP contribution in [0.3, 0.4) is 0 Å². The van der Waals surface area contributed by atoms with Crippen molar-refractivity contribution in [2.45, 2.75) is 78.1 Å². The molecule has 0 amide bonds. The van der Waals surface area contributed by atoms with Crippen LogP contribution < -0.4 is 0 Å². The lowest BCUT2D eigenvalue weighted by molar-refractivity contribution is 0.145. The molecule has 2 nitrogen and oxygen atoms in total. The predicted octanol–water partition coefficient (Wildman–Crippen LogP) is 6.34. The molecule has 0 atom stereocenters. The van der Waals surface area contributed by atoms with Crippen molar-refractivity contribution in [1.82, 2.24) is 0 Å². The second-order valence-electron chi connectivity index (χ2n) is 5.64. The first kappa shape index (κ1) is 22.6. The lowest BCUT2D eigenvalue weighted by Crippen LogP contribution is -1.99. The molecule has 0 unspecified atom stereocenters. The zero-order chi connectivity index (χ0) is 16.1. The number of unbranched alkanes of at least 4 members (excludes halogenated alkanes) is 9. The van der Waals surface area contributed by atoms with Crippen molar-refractivity contribution in [1.29, 1.82) is 0 Å². The summed E-state index contributed by atoms with van der Waals surface area (Å²) in [5, 5.41) is 0. The van der Waals surface area contributed by atoms with Crippen LogP contribution in [0.2, 0.25) is 0 Å². The molecule has 0 aromatic heterocycles. The number of ether oxygens (including phenoxy) is 2. The molecule has 0 N–H and O–H groups in total. The third-order valence-electron chi connectivity index (χ3n) is 3.55. The third kappa shape index (κ3) is 20.6. The lowest BCUT2D eigenvalue weighted by Gasteiger charge is -2.05. The Bertz CT molecular complexity index is 172. The highest BCUT2D eigenvalue weighted by molar-refractivity contribution is 8.76. The minimum atomic E-state index is 0.827. The highest BCUT2D eigenvalue weighted by Gasteiger charge is 1.94. The van der Waals surface area contributed by atoms with Gasteiger partial charge in [0.25, 0.3) is 0 Å². The van der Waals surface area contributed by atoms with Crippen LogP contribution in [-0.2, 0) is 9.47 Å². The van der Waals surface area contributed by atoms with Crippen molar-refractivity contribution in [3.05, 3.63) is 0 Å². The zero-order valence-corrected chi connectivity index (χ0v) is 16.6. The van der Waals surface area contributed by atoms with E-state index in [9.17, 15) is 0 Å². The molecule has 0 aliphatic heterocycles. The molecule has 0 aromatic rings. The van der Waals surface area contributed by atoms with Crippen molar-refractivity contribution in [3.63, 3.8) is 0 Å². The quantitative estimate of drug-likeness (QED) is 0.200. The predicted molar refractivity (Wildman–Crippen MR) is 104 cm³/mol. The highest BCUT2D eigenvalue weighted by Crippen LogP contribution is 2.20. The van der Waals surface area contributed by atoms with E-state index in [4.69, 9.17) is 9.47 Å². The van der Waals surface area contributed by atoms with Crippen molar-refractivity contribution in [2.24, 2.45) is 0 Å². The Kier molecular flexibility index (Phi) is 22.2. The number of rotatable bonds is 19. The fraction of sp³-hybridized carbons (Fsp3) is 1.00. The summed E-state index contributed by atoms with van der Waals surface area (Å²) in [6, 6.07) is 0. The molecule has 0 saturated heterocycles. The molecule has 0 rings (SSSR count). The largest absolute Gasteiger partial charge is 0.381 e. The molecule has 0 aliphatic rings. The smallest absolute Gasteiger partial charge is 0.0565 e. The molecule has 0 fully saturated rings. The summed E-state index contributed by atoms with van der Waals surface area (Å²) in [6.45, 7) is 7.85. The van der Waals surface area contributed by atoms with Crippen molar-refractivity contribution < 1.29 is 9.47 Å². The summed E-state index contributed by atoms with van der Waals surface area (Å²) in [5.74, 6) is 2.17. The van der Waals surface area contributed by atoms with Gasteiger partial charge in [-0.3, -0.25) is 0 Å². The van der Waals surface area contributed by atoms with Gasteiger partial charge in [0, 0.05) is 24.7 Å². The zero-order valence-electron chi connectivity index (χ0n) is 14.9. The maximum atomic E-state index is 5.67. The number of hydrogen-bond acceptors (Lipinski definition) is 4. The second kappa shape index (κ2) is 21.6. The first-order valence-electron chi connectivity index (χ1n) is 9.31. The Hall–Kier alpha value is 0.620. The first-order valence-corrected chi connectivity index (χ1v) is 11.8. The van der Waals surface area contributed by atoms with Gasteiger partial charge in [0.2, 0.25) is 0 Å². The van der Waals surface area contributed by atoms with Crippen molar-refractivity contribution in [2.75, 3.05) is 37.9 Å².